The molecule has 1 unspecified atom stereocenters. The van der Waals surface area contributed by atoms with E-state index >= 15 is 0 Å². The second-order valence-electron chi connectivity index (χ2n) is 4.36. The van der Waals surface area contributed by atoms with E-state index in [0.717, 1.165) is 23.4 Å². The van der Waals surface area contributed by atoms with Crippen LogP contribution in [0.15, 0.2) is 48.9 Å². The van der Waals surface area contributed by atoms with Crippen molar-refractivity contribution in [3.05, 3.63) is 60.2 Å². The smallest absolute Gasteiger partial charge is 0.323 e. The summed E-state index contributed by atoms with van der Waals surface area (Å²) >= 11 is 1.58. The summed E-state index contributed by atoms with van der Waals surface area (Å²) in [5.41, 5.74) is 1.96. The Morgan fingerprint density at radius 1 is 1.29 bits per heavy atom. The summed E-state index contributed by atoms with van der Waals surface area (Å²) in [6.45, 7) is 2.22. The lowest BCUT2D eigenvalue weighted by atomic mass is 10.1. The third kappa shape index (κ3) is 4.86. The largest absolute Gasteiger partial charge is 0.465 e. The van der Waals surface area contributed by atoms with Crippen LogP contribution in [0.2, 0.25) is 0 Å². The Morgan fingerprint density at radius 3 is 2.76 bits per heavy atom. The molecule has 0 N–H and O–H groups in total. The highest BCUT2D eigenvalue weighted by Crippen LogP contribution is 2.30. The highest BCUT2D eigenvalue weighted by Gasteiger charge is 2.22. The number of aryl methyl sites for hydroxylation is 1. The Morgan fingerprint density at radius 2 is 2.10 bits per heavy atom. The third-order valence-electron chi connectivity index (χ3n) is 2.89. The molecule has 0 spiro atoms. The van der Waals surface area contributed by atoms with E-state index in [0.29, 0.717) is 6.61 Å². The van der Waals surface area contributed by atoms with Crippen molar-refractivity contribution in [2.45, 2.75) is 18.6 Å². The number of carbonyl (C=O) groups excluding carboxylic acids is 1. The maximum atomic E-state index is 12.1. The summed E-state index contributed by atoms with van der Waals surface area (Å²) < 4.78 is 5.18. The predicted octanol–water partition coefficient (Wildman–Crippen LogP) is 3.06. The molecule has 0 aliphatic rings. The Hall–Kier alpha value is -1.88. The predicted molar refractivity (Wildman–Crippen MR) is 84.0 cm³/mol. The maximum absolute atomic E-state index is 12.1. The number of aromatic nitrogens is 2. The van der Waals surface area contributed by atoms with Crippen molar-refractivity contribution in [2.24, 2.45) is 0 Å². The van der Waals surface area contributed by atoms with Gasteiger partial charge < -0.3 is 4.74 Å². The Kier molecular flexibility index (Phi) is 6.22. The van der Waals surface area contributed by atoms with E-state index in [2.05, 4.69) is 9.97 Å². The van der Waals surface area contributed by atoms with Crippen LogP contribution in [-0.2, 0) is 16.0 Å². The molecule has 0 saturated carbocycles. The van der Waals surface area contributed by atoms with Gasteiger partial charge in [-0.3, -0.25) is 4.79 Å². The number of nitrogens with zero attached hydrogens (tertiary/aromatic N) is 2. The van der Waals surface area contributed by atoms with Crippen LogP contribution in [0.1, 0.15) is 23.4 Å². The molecule has 0 saturated heterocycles. The van der Waals surface area contributed by atoms with E-state index < -0.39 is 0 Å². The zero-order valence-electron chi connectivity index (χ0n) is 11.9. The molecule has 1 aromatic carbocycles. The van der Waals surface area contributed by atoms with Gasteiger partial charge in [0.05, 0.1) is 6.61 Å². The molecule has 1 atom stereocenters. The average Bonchev–Trinajstić information content (AvgIpc) is 2.53. The van der Waals surface area contributed by atoms with Crippen LogP contribution in [0, 0.1) is 0 Å². The fourth-order valence-corrected chi connectivity index (χ4v) is 3.01. The van der Waals surface area contributed by atoms with Crippen LogP contribution in [0.4, 0.5) is 0 Å². The molecule has 0 aliphatic heterocycles. The molecule has 110 valence electrons. The SMILES string of the molecule is CCOC(=O)C(SCCc1ccncn1)c1ccccc1. The minimum Gasteiger partial charge on any atom is -0.465 e. The van der Waals surface area contributed by atoms with Gasteiger partial charge in [0.15, 0.2) is 0 Å². The normalized spacial score (nSPS) is 11.9. The summed E-state index contributed by atoms with van der Waals surface area (Å²) in [6.07, 6.45) is 4.07. The molecule has 0 fully saturated rings. The zero-order valence-corrected chi connectivity index (χ0v) is 12.8. The number of esters is 1. The van der Waals surface area contributed by atoms with Crippen molar-refractivity contribution in [1.29, 1.82) is 0 Å². The topological polar surface area (TPSA) is 52.1 Å². The number of hydrogen-bond acceptors (Lipinski definition) is 5. The van der Waals surface area contributed by atoms with Gasteiger partial charge in [0.2, 0.25) is 0 Å². The van der Waals surface area contributed by atoms with Crippen molar-refractivity contribution >= 4 is 17.7 Å². The minimum absolute atomic E-state index is 0.184. The first-order valence-corrected chi connectivity index (χ1v) is 7.94. The first-order valence-electron chi connectivity index (χ1n) is 6.89. The number of benzene rings is 1. The van der Waals surface area contributed by atoms with Gasteiger partial charge >= 0.3 is 5.97 Å². The molecule has 4 nitrogen and oxygen atoms in total. The van der Waals surface area contributed by atoms with Gasteiger partial charge in [0.1, 0.15) is 11.6 Å². The van der Waals surface area contributed by atoms with Crippen LogP contribution in [-0.4, -0.2) is 28.3 Å². The summed E-state index contributed by atoms with van der Waals surface area (Å²) in [4.78, 5) is 20.2. The van der Waals surface area contributed by atoms with Crippen molar-refractivity contribution in [3.8, 4) is 0 Å². The van der Waals surface area contributed by atoms with Crippen LogP contribution in [0.25, 0.3) is 0 Å². The lowest BCUT2D eigenvalue weighted by Crippen LogP contribution is -2.14. The van der Waals surface area contributed by atoms with Gasteiger partial charge in [-0.05, 0) is 25.0 Å². The first kappa shape index (κ1) is 15.5. The quantitative estimate of drug-likeness (QED) is 0.736. The average molecular weight is 302 g/mol. The molecule has 21 heavy (non-hydrogen) atoms. The zero-order chi connectivity index (χ0) is 14.9. The Bertz CT molecular complexity index is 549. The lowest BCUT2D eigenvalue weighted by Gasteiger charge is -2.15. The van der Waals surface area contributed by atoms with Crippen molar-refractivity contribution in [2.75, 3.05) is 12.4 Å². The van der Waals surface area contributed by atoms with E-state index in [9.17, 15) is 4.79 Å². The molecular weight excluding hydrogens is 284 g/mol. The Balaban J connectivity index is 1.98. The van der Waals surface area contributed by atoms with E-state index in [1.807, 2.05) is 43.3 Å². The highest BCUT2D eigenvalue weighted by molar-refractivity contribution is 8.00. The minimum atomic E-state index is -0.284. The molecular formula is C16H18N2O2S. The molecule has 1 aromatic heterocycles. The van der Waals surface area contributed by atoms with Gasteiger partial charge in [-0.2, -0.15) is 0 Å². The molecule has 0 radical (unpaired) electrons. The fourth-order valence-electron chi connectivity index (χ4n) is 1.89. The molecule has 5 heteroatoms. The molecule has 0 bridgehead atoms. The van der Waals surface area contributed by atoms with E-state index in [1.54, 1.807) is 24.3 Å². The van der Waals surface area contributed by atoms with Crippen LogP contribution < -0.4 is 0 Å². The summed E-state index contributed by atoms with van der Waals surface area (Å²) in [5.74, 6) is 0.617. The second kappa shape index (κ2) is 8.42. The van der Waals surface area contributed by atoms with Crippen molar-refractivity contribution in [3.63, 3.8) is 0 Å². The van der Waals surface area contributed by atoms with E-state index in [1.165, 1.54) is 0 Å². The summed E-state index contributed by atoms with van der Waals surface area (Å²) in [7, 11) is 0. The highest BCUT2D eigenvalue weighted by atomic mass is 32.2. The van der Waals surface area contributed by atoms with E-state index in [-0.39, 0.29) is 11.2 Å². The van der Waals surface area contributed by atoms with Crippen LogP contribution in [0.3, 0.4) is 0 Å². The van der Waals surface area contributed by atoms with Crippen molar-refractivity contribution < 1.29 is 9.53 Å². The van der Waals surface area contributed by atoms with Gasteiger partial charge in [-0.15, -0.1) is 11.8 Å². The number of thioether (sulfide) groups is 1. The molecule has 2 aromatic rings. The van der Waals surface area contributed by atoms with Crippen molar-refractivity contribution in [1.82, 2.24) is 9.97 Å². The number of hydrogen-bond donors (Lipinski definition) is 0. The fraction of sp³-hybridized carbons (Fsp3) is 0.312. The number of ether oxygens (including phenoxy) is 1. The monoisotopic (exact) mass is 302 g/mol. The van der Waals surface area contributed by atoms with Gasteiger partial charge in [0.25, 0.3) is 0 Å². The third-order valence-corrected chi connectivity index (χ3v) is 4.13. The summed E-state index contributed by atoms with van der Waals surface area (Å²) in [5, 5.41) is -0.284. The lowest BCUT2D eigenvalue weighted by molar-refractivity contribution is -0.142. The second-order valence-corrected chi connectivity index (χ2v) is 5.58. The van der Waals surface area contributed by atoms with E-state index in [4.69, 9.17) is 4.74 Å². The Labute approximate surface area is 129 Å². The summed E-state index contributed by atoms with van der Waals surface area (Å²) in [6, 6.07) is 11.6. The molecule has 1 heterocycles. The number of carbonyl (C=O) groups is 1. The molecule has 0 amide bonds. The van der Waals surface area contributed by atoms with Crippen LogP contribution >= 0.6 is 11.8 Å². The van der Waals surface area contributed by atoms with Gasteiger partial charge in [0, 0.05) is 17.6 Å². The van der Waals surface area contributed by atoms with Gasteiger partial charge in [-0.1, -0.05) is 30.3 Å². The molecule has 2 rings (SSSR count). The van der Waals surface area contributed by atoms with Crippen LogP contribution in [0.5, 0.6) is 0 Å². The first-order chi connectivity index (χ1) is 10.3. The van der Waals surface area contributed by atoms with Gasteiger partial charge in [-0.25, -0.2) is 9.97 Å². The molecule has 0 aliphatic carbocycles. The maximum Gasteiger partial charge on any atom is 0.323 e. The number of rotatable bonds is 7. The standard InChI is InChI=1S/C16H18N2O2S/c1-2-20-16(19)15(13-6-4-3-5-7-13)21-11-9-14-8-10-17-12-18-14/h3-8,10,12,15H,2,9,11H2,1H3.